The summed E-state index contributed by atoms with van der Waals surface area (Å²) in [6.07, 6.45) is 0.762. The summed E-state index contributed by atoms with van der Waals surface area (Å²) >= 11 is 3.54. The molecule has 4 nitrogen and oxygen atoms in total. The minimum Gasteiger partial charge on any atom is -0.466 e. The van der Waals surface area contributed by atoms with Crippen LogP contribution in [0.25, 0.3) is 0 Å². The van der Waals surface area contributed by atoms with Gasteiger partial charge in [-0.05, 0) is 41.4 Å². The van der Waals surface area contributed by atoms with Gasteiger partial charge in [-0.1, -0.05) is 6.07 Å². The number of amides is 2. The van der Waals surface area contributed by atoms with Crippen molar-refractivity contribution in [3.63, 3.8) is 0 Å². The summed E-state index contributed by atoms with van der Waals surface area (Å²) in [6.45, 7) is 3.99. The summed E-state index contributed by atoms with van der Waals surface area (Å²) in [4.78, 5) is 13.5. The number of aryl methyl sites for hydroxylation is 1. The molecule has 2 aliphatic heterocycles. The monoisotopic (exact) mass is 310 g/mol. The predicted octanol–water partition coefficient (Wildman–Crippen LogP) is 2.95. The molecule has 5 heteroatoms. The van der Waals surface area contributed by atoms with Gasteiger partial charge in [-0.2, -0.15) is 0 Å². The van der Waals surface area contributed by atoms with Gasteiger partial charge in [0, 0.05) is 19.0 Å². The molecule has 1 fully saturated rings. The molecule has 2 heterocycles. The molecule has 1 N–H and O–H groups in total. The van der Waals surface area contributed by atoms with Crippen molar-refractivity contribution in [2.45, 2.75) is 32.0 Å². The average molecular weight is 311 g/mol. The Kier molecular flexibility index (Phi) is 2.39. The fraction of sp³-hybridized carbons (Fsp3) is 0.462. The van der Waals surface area contributed by atoms with Gasteiger partial charge in [0.25, 0.3) is 0 Å². The highest BCUT2D eigenvalue weighted by atomic mass is 79.9. The standard InChI is InChI=1S/C13H15BrN2O2/c1-7-4-8-10-6-13(2,16(3)12(17)15-10)18-11(8)9(14)5-7/h4-5,10H,6H2,1-3H3,(H,15,17). The van der Waals surface area contributed by atoms with E-state index in [1.54, 1.807) is 11.9 Å². The van der Waals surface area contributed by atoms with E-state index in [1.807, 2.05) is 19.9 Å². The van der Waals surface area contributed by atoms with E-state index in [0.717, 1.165) is 27.8 Å². The Morgan fingerprint density at radius 1 is 1.56 bits per heavy atom. The van der Waals surface area contributed by atoms with E-state index in [2.05, 4.69) is 27.3 Å². The number of benzene rings is 1. The molecule has 2 amide bonds. The van der Waals surface area contributed by atoms with Crippen LogP contribution in [0.2, 0.25) is 0 Å². The number of carbonyl (C=O) groups excluding carboxylic acids is 1. The molecule has 3 rings (SSSR count). The van der Waals surface area contributed by atoms with Crippen LogP contribution in [0, 0.1) is 6.92 Å². The Bertz CT molecular complexity index is 546. The summed E-state index contributed by atoms with van der Waals surface area (Å²) in [6, 6.07) is 4.05. The van der Waals surface area contributed by atoms with E-state index in [1.165, 1.54) is 0 Å². The number of urea groups is 1. The first kappa shape index (κ1) is 11.8. The van der Waals surface area contributed by atoms with Gasteiger partial charge in [-0.15, -0.1) is 0 Å². The zero-order valence-electron chi connectivity index (χ0n) is 10.6. The number of nitrogens with one attached hydrogen (secondary N) is 1. The molecule has 2 bridgehead atoms. The molecule has 0 spiro atoms. The third kappa shape index (κ3) is 1.53. The average Bonchev–Trinajstić information content (AvgIpc) is 2.28. The lowest BCUT2D eigenvalue weighted by atomic mass is 9.90. The van der Waals surface area contributed by atoms with E-state index < -0.39 is 5.72 Å². The van der Waals surface area contributed by atoms with Gasteiger partial charge < -0.3 is 10.1 Å². The number of hydrogen-bond donors (Lipinski definition) is 1. The zero-order valence-corrected chi connectivity index (χ0v) is 12.2. The van der Waals surface area contributed by atoms with E-state index in [-0.39, 0.29) is 12.1 Å². The Morgan fingerprint density at radius 3 is 3.00 bits per heavy atom. The molecule has 0 aromatic heterocycles. The number of halogens is 1. The largest absolute Gasteiger partial charge is 0.466 e. The van der Waals surface area contributed by atoms with Crippen LogP contribution in [-0.2, 0) is 0 Å². The van der Waals surface area contributed by atoms with Crippen LogP contribution in [0.4, 0.5) is 4.79 Å². The van der Waals surface area contributed by atoms with Crippen LogP contribution in [0.15, 0.2) is 16.6 Å². The van der Waals surface area contributed by atoms with Crippen LogP contribution in [0.3, 0.4) is 0 Å². The Balaban J connectivity index is 2.17. The van der Waals surface area contributed by atoms with E-state index >= 15 is 0 Å². The summed E-state index contributed by atoms with van der Waals surface area (Å²) in [5.41, 5.74) is 1.64. The molecular weight excluding hydrogens is 296 g/mol. The second kappa shape index (κ2) is 3.63. The zero-order chi connectivity index (χ0) is 13.1. The fourth-order valence-electron chi connectivity index (χ4n) is 2.67. The van der Waals surface area contributed by atoms with Crippen molar-refractivity contribution in [1.29, 1.82) is 0 Å². The summed E-state index contributed by atoms with van der Waals surface area (Å²) in [5, 5.41) is 3.02. The minimum atomic E-state index is -0.572. The smallest absolute Gasteiger partial charge is 0.320 e. The topological polar surface area (TPSA) is 41.6 Å². The van der Waals surface area contributed by atoms with Crippen molar-refractivity contribution in [3.05, 3.63) is 27.7 Å². The Morgan fingerprint density at radius 2 is 2.28 bits per heavy atom. The summed E-state index contributed by atoms with van der Waals surface area (Å²) < 4.78 is 7.02. The summed E-state index contributed by atoms with van der Waals surface area (Å²) in [5.74, 6) is 0.839. The van der Waals surface area contributed by atoms with Crippen LogP contribution in [0.1, 0.15) is 30.5 Å². The van der Waals surface area contributed by atoms with Gasteiger partial charge in [0.05, 0.1) is 10.5 Å². The fourth-order valence-corrected chi connectivity index (χ4v) is 3.34. The number of hydrogen-bond acceptors (Lipinski definition) is 2. The maximum atomic E-state index is 11.9. The van der Waals surface area contributed by atoms with Gasteiger partial charge in [0.2, 0.25) is 0 Å². The molecule has 2 atom stereocenters. The van der Waals surface area contributed by atoms with Gasteiger partial charge in [0.1, 0.15) is 5.75 Å². The third-order valence-electron chi connectivity index (χ3n) is 3.81. The Hall–Kier alpha value is -1.23. The molecule has 0 aliphatic carbocycles. The van der Waals surface area contributed by atoms with Crippen molar-refractivity contribution >= 4 is 22.0 Å². The second-order valence-electron chi connectivity index (χ2n) is 5.21. The quantitative estimate of drug-likeness (QED) is 0.800. The van der Waals surface area contributed by atoms with Gasteiger partial charge >= 0.3 is 6.03 Å². The second-order valence-corrected chi connectivity index (χ2v) is 6.06. The van der Waals surface area contributed by atoms with Crippen LogP contribution < -0.4 is 10.1 Å². The number of nitrogens with zero attached hydrogens (tertiary/aromatic N) is 1. The number of carbonyl (C=O) groups is 1. The van der Waals surface area contributed by atoms with Crippen LogP contribution in [0.5, 0.6) is 5.75 Å². The van der Waals surface area contributed by atoms with Crippen molar-refractivity contribution in [2.24, 2.45) is 0 Å². The number of rotatable bonds is 0. The lowest BCUT2D eigenvalue weighted by molar-refractivity contribution is -0.0724. The van der Waals surface area contributed by atoms with Crippen LogP contribution >= 0.6 is 15.9 Å². The van der Waals surface area contributed by atoms with Gasteiger partial charge in [-0.25, -0.2) is 4.79 Å². The molecule has 0 saturated carbocycles. The maximum Gasteiger partial charge on any atom is 0.320 e. The summed E-state index contributed by atoms with van der Waals surface area (Å²) in [7, 11) is 1.76. The molecule has 1 saturated heterocycles. The van der Waals surface area contributed by atoms with Crippen molar-refractivity contribution in [3.8, 4) is 5.75 Å². The lowest BCUT2D eigenvalue weighted by Gasteiger charge is -2.49. The Labute approximate surface area is 114 Å². The molecule has 1 aromatic carbocycles. The predicted molar refractivity (Wildman–Crippen MR) is 71.6 cm³/mol. The third-order valence-corrected chi connectivity index (χ3v) is 4.40. The van der Waals surface area contributed by atoms with Crippen LogP contribution in [-0.4, -0.2) is 23.7 Å². The number of fused-ring (bicyclic) bond motifs is 4. The maximum absolute atomic E-state index is 11.9. The highest BCUT2D eigenvalue weighted by Crippen LogP contribution is 2.46. The lowest BCUT2D eigenvalue weighted by Crippen LogP contribution is -2.63. The SMILES string of the molecule is Cc1cc(Br)c2c(c1)C1CC(C)(O2)N(C)C(=O)N1. The minimum absolute atomic E-state index is 0.0265. The molecule has 0 radical (unpaired) electrons. The van der Waals surface area contributed by atoms with Gasteiger partial charge in [0.15, 0.2) is 5.72 Å². The molecule has 2 unspecified atom stereocenters. The molecule has 96 valence electrons. The molecule has 2 aliphatic rings. The van der Waals surface area contributed by atoms with Crippen molar-refractivity contribution in [2.75, 3.05) is 7.05 Å². The highest BCUT2D eigenvalue weighted by molar-refractivity contribution is 9.10. The molecule has 18 heavy (non-hydrogen) atoms. The molecular formula is C13H15BrN2O2. The first-order chi connectivity index (χ1) is 8.40. The first-order valence-corrected chi connectivity index (χ1v) is 6.73. The first-order valence-electron chi connectivity index (χ1n) is 5.94. The van der Waals surface area contributed by atoms with Crippen molar-refractivity contribution < 1.29 is 9.53 Å². The van der Waals surface area contributed by atoms with Gasteiger partial charge in [-0.3, -0.25) is 4.90 Å². The van der Waals surface area contributed by atoms with E-state index in [9.17, 15) is 4.79 Å². The number of ether oxygens (including phenoxy) is 1. The van der Waals surface area contributed by atoms with Crippen molar-refractivity contribution in [1.82, 2.24) is 10.2 Å². The highest BCUT2D eigenvalue weighted by Gasteiger charge is 2.47. The van der Waals surface area contributed by atoms with E-state index in [0.29, 0.717) is 0 Å². The normalized spacial score (nSPS) is 29.4. The van der Waals surface area contributed by atoms with E-state index in [4.69, 9.17) is 4.74 Å². The molecule has 1 aromatic rings.